The van der Waals surface area contributed by atoms with E-state index in [0.717, 1.165) is 41.0 Å². The van der Waals surface area contributed by atoms with Gasteiger partial charge in [0, 0.05) is 18.7 Å². The van der Waals surface area contributed by atoms with E-state index in [4.69, 9.17) is 4.74 Å². The Balaban J connectivity index is 1.46. The molecule has 0 spiro atoms. The molecule has 2 aromatic rings. The van der Waals surface area contributed by atoms with Crippen molar-refractivity contribution in [2.24, 2.45) is 0 Å². The highest BCUT2D eigenvalue weighted by Gasteiger charge is 2.16. The number of rotatable bonds is 7. The molecule has 0 radical (unpaired) electrons. The Hall–Kier alpha value is -1.44. The van der Waals surface area contributed by atoms with Gasteiger partial charge in [-0.1, -0.05) is 53.4 Å². The number of nitrogens with zero attached hydrogens (tertiary/aromatic N) is 2. The summed E-state index contributed by atoms with van der Waals surface area (Å²) in [6.45, 7) is 1.62. The largest absolute Gasteiger partial charge is 0.376 e. The SMILES string of the molecule is O=C(CSc1nnc(NCC2CCCO2)s1)c1ccccc1. The fourth-order valence-corrected chi connectivity index (χ4v) is 3.83. The quantitative estimate of drug-likeness (QED) is 0.619. The molecule has 3 rings (SSSR count). The fourth-order valence-electron chi connectivity index (χ4n) is 2.18. The average molecular weight is 335 g/mol. The Morgan fingerprint density at radius 2 is 2.23 bits per heavy atom. The predicted octanol–water partition coefficient (Wildman–Crippen LogP) is 3.10. The van der Waals surface area contributed by atoms with Crippen LogP contribution in [0.1, 0.15) is 23.2 Å². The lowest BCUT2D eigenvalue weighted by Gasteiger charge is -2.08. The van der Waals surface area contributed by atoms with Gasteiger partial charge in [-0.15, -0.1) is 10.2 Å². The summed E-state index contributed by atoms with van der Waals surface area (Å²) in [6.07, 6.45) is 2.50. The van der Waals surface area contributed by atoms with Crippen molar-refractivity contribution in [1.29, 1.82) is 0 Å². The summed E-state index contributed by atoms with van der Waals surface area (Å²) >= 11 is 2.90. The van der Waals surface area contributed by atoms with E-state index in [0.29, 0.717) is 5.75 Å². The molecular formula is C15H17N3O2S2. The van der Waals surface area contributed by atoms with Gasteiger partial charge in [0.15, 0.2) is 10.1 Å². The Morgan fingerprint density at radius 1 is 1.36 bits per heavy atom. The zero-order valence-electron chi connectivity index (χ0n) is 12.0. The average Bonchev–Trinajstić information content (AvgIpc) is 3.23. The topological polar surface area (TPSA) is 64.1 Å². The molecule has 2 heterocycles. The van der Waals surface area contributed by atoms with Gasteiger partial charge in [-0.05, 0) is 12.8 Å². The van der Waals surface area contributed by atoms with Crippen LogP contribution in [0.3, 0.4) is 0 Å². The zero-order chi connectivity index (χ0) is 15.2. The van der Waals surface area contributed by atoms with Crippen molar-refractivity contribution < 1.29 is 9.53 Å². The highest BCUT2D eigenvalue weighted by atomic mass is 32.2. The van der Waals surface area contributed by atoms with Crippen LogP contribution in [-0.2, 0) is 4.74 Å². The second kappa shape index (κ2) is 7.71. The first-order valence-electron chi connectivity index (χ1n) is 7.21. The normalized spacial score (nSPS) is 17.5. The number of hydrogen-bond acceptors (Lipinski definition) is 7. The van der Waals surface area contributed by atoms with Crippen LogP contribution in [0.25, 0.3) is 0 Å². The van der Waals surface area contributed by atoms with Gasteiger partial charge in [0.2, 0.25) is 5.13 Å². The molecule has 1 N–H and O–H groups in total. The molecule has 1 aliphatic heterocycles. The maximum Gasteiger partial charge on any atom is 0.206 e. The highest BCUT2D eigenvalue weighted by Crippen LogP contribution is 2.26. The summed E-state index contributed by atoms with van der Waals surface area (Å²) in [5.74, 6) is 0.486. The molecule has 0 saturated carbocycles. The number of aromatic nitrogens is 2. The Kier molecular flexibility index (Phi) is 5.42. The third-order valence-electron chi connectivity index (χ3n) is 3.33. The van der Waals surface area contributed by atoms with E-state index in [2.05, 4.69) is 15.5 Å². The minimum absolute atomic E-state index is 0.106. The lowest BCUT2D eigenvalue weighted by molar-refractivity contribution is 0.102. The zero-order valence-corrected chi connectivity index (χ0v) is 13.7. The molecule has 22 heavy (non-hydrogen) atoms. The monoisotopic (exact) mass is 335 g/mol. The Morgan fingerprint density at radius 3 is 3.00 bits per heavy atom. The van der Waals surface area contributed by atoms with Crippen molar-refractivity contribution in [1.82, 2.24) is 10.2 Å². The number of benzene rings is 1. The summed E-state index contributed by atoms with van der Waals surface area (Å²) in [4.78, 5) is 12.0. The Bertz CT molecular complexity index is 612. The van der Waals surface area contributed by atoms with Gasteiger partial charge >= 0.3 is 0 Å². The first kappa shape index (κ1) is 15.5. The summed E-state index contributed by atoms with van der Waals surface area (Å²) in [5.41, 5.74) is 0.733. The molecule has 1 aromatic carbocycles. The molecular weight excluding hydrogens is 318 g/mol. The van der Waals surface area contributed by atoms with Crippen LogP contribution in [0.4, 0.5) is 5.13 Å². The minimum atomic E-state index is 0.106. The van der Waals surface area contributed by atoms with Crippen LogP contribution in [0, 0.1) is 0 Å². The maximum atomic E-state index is 12.0. The van der Waals surface area contributed by atoms with Gasteiger partial charge in [0.1, 0.15) is 0 Å². The molecule has 1 fully saturated rings. The van der Waals surface area contributed by atoms with E-state index in [1.807, 2.05) is 30.3 Å². The van der Waals surface area contributed by atoms with Gasteiger partial charge in [-0.3, -0.25) is 4.79 Å². The molecule has 116 valence electrons. The second-order valence-corrected chi connectivity index (χ2v) is 7.17. The summed E-state index contributed by atoms with van der Waals surface area (Å²) in [7, 11) is 0. The standard InChI is InChI=1S/C15H17N3O2S2/c19-13(11-5-2-1-3-6-11)10-21-15-18-17-14(22-15)16-9-12-7-4-8-20-12/h1-3,5-6,12H,4,7-10H2,(H,16,17). The molecule has 5 nitrogen and oxygen atoms in total. The summed E-state index contributed by atoms with van der Waals surface area (Å²) in [5, 5.41) is 12.2. The second-order valence-electron chi connectivity index (χ2n) is 4.97. The lowest BCUT2D eigenvalue weighted by atomic mass is 10.2. The van der Waals surface area contributed by atoms with Gasteiger partial charge < -0.3 is 10.1 Å². The predicted molar refractivity (Wildman–Crippen MR) is 88.9 cm³/mol. The first-order valence-corrected chi connectivity index (χ1v) is 9.01. The molecule has 1 aromatic heterocycles. The third kappa shape index (κ3) is 4.28. The van der Waals surface area contributed by atoms with Crippen molar-refractivity contribution in [3.8, 4) is 0 Å². The lowest BCUT2D eigenvalue weighted by Crippen LogP contribution is -2.18. The molecule has 0 aliphatic carbocycles. The molecule has 1 atom stereocenters. The van der Waals surface area contributed by atoms with E-state index in [-0.39, 0.29) is 11.9 Å². The van der Waals surface area contributed by atoms with E-state index in [9.17, 15) is 4.79 Å². The molecule has 1 unspecified atom stereocenters. The number of carbonyl (C=O) groups is 1. The van der Waals surface area contributed by atoms with E-state index < -0.39 is 0 Å². The first-order chi connectivity index (χ1) is 10.8. The highest BCUT2D eigenvalue weighted by molar-refractivity contribution is 8.01. The molecule has 1 saturated heterocycles. The number of nitrogens with one attached hydrogen (secondary N) is 1. The van der Waals surface area contributed by atoms with Crippen molar-refractivity contribution in [2.45, 2.75) is 23.3 Å². The minimum Gasteiger partial charge on any atom is -0.376 e. The van der Waals surface area contributed by atoms with E-state index >= 15 is 0 Å². The number of ketones is 1. The van der Waals surface area contributed by atoms with Crippen molar-refractivity contribution in [3.63, 3.8) is 0 Å². The van der Waals surface area contributed by atoms with Gasteiger partial charge in [0.25, 0.3) is 0 Å². The van der Waals surface area contributed by atoms with E-state index in [1.165, 1.54) is 23.1 Å². The number of anilines is 1. The fraction of sp³-hybridized carbons (Fsp3) is 0.400. The van der Waals surface area contributed by atoms with Crippen LogP contribution in [0.5, 0.6) is 0 Å². The van der Waals surface area contributed by atoms with Gasteiger partial charge in [0.05, 0.1) is 11.9 Å². The Labute approximate surface area is 137 Å². The third-order valence-corrected chi connectivity index (χ3v) is 5.35. The van der Waals surface area contributed by atoms with Gasteiger partial charge in [-0.2, -0.15) is 0 Å². The van der Waals surface area contributed by atoms with Gasteiger partial charge in [-0.25, -0.2) is 0 Å². The molecule has 1 aliphatic rings. The van der Waals surface area contributed by atoms with Crippen molar-refractivity contribution in [2.75, 3.05) is 24.2 Å². The molecule has 0 bridgehead atoms. The van der Waals surface area contributed by atoms with Crippen molar-refractivity contribution in [3.05, 3.63) is 35.9 Å². The smallest absolute Gasteiger partial charge is 0.206 e. The molecule has 0 amide bonds. The van der Waals surface area contributed by atoms with Crippen LogP contribution >= 0.6 is 23.1 Å². The maximum absolute atomic E-state index is 12.0. The van der Waals surface area contributed by atoms with Crippen LogP contribution < -0.4 is 5.32 Å². The number of carbonyl (C=O) groups excluding carboxylic acids is 1. The van der Waals surface area contributed by atoms with Crippen LogP contribution in [-0.4, -0.2) is 41.0 Å². The number of Topliss-reactive ketones (excluding diaryl/α,β-unsaturated/α-hetero) is 1. The summed E-state index contributed by atoms with van der Waals surface area (Å²) in [6, 6.07) is 9.31. The van der Waals surface area contributed by atoms with E-state index in [1.54, 1.807) is 0 Å². The number of ether oxygens (including phenoxy) is 1. The van der Waals surface area contributed by atoms with Crippen LogP contribution in [0.2, 0.25) is 0 Å². The van der Waals surface area contributed by atoms with Crippen LogP contribution in [0.15, 0.2) is 34.7 Å². The molecule has 7 heteroatoms. The summed E-state index contributed by atoms with van der Waals surface area (Å²) < 4.78 is 6.36. The van der Waals surface area contributed by atoms with Crippen molar-refractivity contribution >= 4 is 34.0 Å². The number of hydrogen-bond donors (Lipinski definition) is 1. The number of thioether (sulfide) groups is 1.